The first-order chi connectivity index (χ1) is 9.16. The first-order valence-corrected chi connectivity index (χ1v) is 5.92. The van der Waals surface area contributed by atoms with Crippen molar-refractivity contribution in [3.8, 4) is 0 Å². The second-order valence-electron chi connectivity index (χ2n) is 4.47. The lowest BCUT2D eigenvalue weighted by Gasteiger charge is -2.17. The summed E-state index contributed by atoms with van der Waals surface area (Å²) in [4.78, 5) is 17.7. The predicted octanol–water partition coefficient (Wildman–Crippen LogP) is 1.77. The molecule has 1 aliphatic rings. The number of hydrogen-bond donors (Lipinski definition) is 1. The van der Waals surface area contributed by atoms with Crippen LogP contribution < -0.4 is 10.6 Å². The van der Waals surface area contributed by atoms with Crippen molar-refractivity contribution in [2.45, 2.75) is 12.6 Å². The molecule has 96 valence electrons. The Hall–Kier alpha value is -2.27. The number of pyridine rings is 1. The average Bonchev–Trinajstić information content (AvgIpc) is 2.65. The van der Waals surface area contributed by atoms with Gasteiger partial charge in [-0.1, -0.05) is 6.07 Å². The molecule has 2 N–H and O–H groups in total. The van der Waals surface area contributed by atoms with Gasteiger partial charge in [-0.3, -0.25) is 9.78 Å². The van der Waals surface area contributed by atoms with Gasteiger partial charge in [-0.25, -0.2) is 4.39 Å². The number of anilines is 1. The van der Waals surface area contributed by atoms with E-state index in [1.54, 1.807) is 29.4 Å². The summed E-state index contributed by atoms with van der Waals surface area (Å²) in [5, 5.41) is 0. The molecular weight excluding hydrogens is 245 g/mol. The summed E-state index contributed by atoms with van der Waals surface area (Å²) in [6.45, 7) is 0.388. The third-order valence-electron chi connectivity index (χ3n) is 3.21. The van der Waals surface area contributed by atoms with Gasteiger partial charge in [0.25, 0.3) is 0 Å². The van der Waals surface area contributed by atoms with Crippen LogP contribution in [0.4, 0.5) is 10.1 Å². The number of aromatic nitrogens is 1. The van der Waals surface area contributed by atoms with Crippen LogP contribution in [0.2, 0.25) is 0 Å². The normalized spacial score (nSPS) is 17.7. The van der Waals surface area contributed by atoms with Crippen LogP contribution in [0.25, 0.3) is 0 Å². The van der Waals surface area contributed by atoms with Gasteiger partial charge in [-0.05, 0) is 29.8 Å². The maximum atomic E-state index is 13.2. The van der Waals surface area contributed by atoms with Crippen molar-refractivity contribution in [3.05, 3.63) is 59.7 Å². The Morgan fingerprint density at radius 1 is 1.37 bits per heavy atom. The summed E-state index contributed by atoms with van der Waals surface area (Å²) < 4.78 is 13.2. The molecular formula is C14H12FN3O. The highest BCUT2D eigenvalue weighted by molar-refractivity contribution is 6.04. The van der Waals surface area contributed by atoms with Gasteiger partial charge in [0.15, 0.2) is 0 Å². The minimum atomic E-state index is -0.789. The molecule has 0 saturated carbocycles. The molecule has 2 aromatic rings. The zero-order chi connectivity index (χ0) is 13.4. The predicted molar refractivity (Wildman–Crippen MR) is 68.8 cm³/mol. The molecule has 4 nitrogen and oxygen atoms in total. The topological polar surface area (TPSA) is 59.2 Å². The molecule has 0 aliphatic carbocycles. The summed E-state index contributed by atoms with van der Waals surface area (Å²) in [5.74, 6) is -0.602. The zero-order valence-corrected chi connectivity index (χ0v) is 10.1. The first kappa shape index (κ1) is 11.8. The van der Waals surface area contributed by atoms with Gasteiger partial charge in [0.05, 0.1) is 6.54 Å². The van der Waals surface area contributed by atoms with Crippen molar-refractivity contribution >= 4 is 11.6 Å². The Morgan fingerprint density at radius 3 is 2.95 bits per heavy atom. The van der Waals surface area contributed by atoms with E-state index in [-0.39, 0.29) is 11.7 Å². The van der Waals surface area contributed by atoms with E-state index in [0.29, 0.717) is 17.8 Å². The van der Waals surface area contributed by atoms with Crippen molar-refractivity contribution in [1.29, 1.82) is 0 Å². The fourth-order valence-electron chi connectivity index (χ4n) is 2.28. The Bertz CT molecular complexity index is 630. The van der Waals surface area contributed by atoms with Crippen molar-refractivity contribution in [1.82, 2.24) is 4.98 Å². The van der Waals surface area contributed by atoms with Gasteiger partial charge in [0.2, 0.25) is 5.91 Å². The largest absolute Gasteiger partial charge is 0.316 e. The molecule has 19 heavy (non-hydrogen) atoms. The number of halogens is 1. The Labute approximate surface area is 109 Å². The maximum Gasteiger partial charge on any atom is 0.248 e. The molecule has 1 atom stereocenters. The van der Waals surface area contributed by atoms with Crippen molar-refractivity contribution in [3.63, 3.8) is 0 Å². The highest BCUT2D eigenvalue weighted by Gasteiger charge is 2.34. The van der Waals surface area contributed by atoms with E-state index in [9.17, 15) is 9.18 Å². The summed E-state index contributed by atoms with van der Waals surface area (Å²) in [6, 6.07) is 7.14. The lowest BCUT2D eigenvalue weighted by atomic mass is 10.1. The summed E-state index contributed by atoms with van der Waals surface area (Å²) in [5.41, 5.74) is 7.94. The van der Waals surface area contributed by atoms with Crippen LogP contribution >= 0.6 is 0 Å². The molecule has 0 saturated heterocycles. The molecule has 2 heterocycles. The third kappa shape index (κ3) is 1.98. The van der Waals surface area contributed by atoms with Crippen LogP contribution in [0.3, 0.4) is 0 Å². The average molecular weight is 257 g/mol. The molecule has 5 heteroatoms. The highest BCUT2D eigenvalue weighted by atomic mass is 19.1. The van der Waals surface area contributed by atoms with Gasteiger partial charge >= 0.3 is 0 Å². The van der Waals surface area contributed by atoms with Gasteiger partial charge in [0, 0.05) is 23.6 Å². The number of hydrogen-bond acceptors (Lipinski definition) is 3. The Kier molecular flexibility index (Phi) is 2.76. The monoisotopic (exact) mass is 257 g/mol. The maximum absolute atomic E-state index is 13.2. The Morgan fingerprint density at radius 2 is 2.21 bits per heavy atom. The first-order valence-electron chi connectivity index (χ1n) is 5.92. The fourth-order valence-corrected chi connectivity index (χ4v) is 2.28. The van der Waals surface area contributed by atoms with Gasteiger partial charge in [-0.15, -0.1) is 0 Å². The molecule has 1 unspecified atom stereocenters. The molecule has 1 aromatic carbocycles. The number of amides is 1. The highest BCUT2D eigenvalue weighted by Crippen LogP contribution is 2.35. The van der Waals surface area contributed by atoms with Crippen LogP contribution in [0.15, 0.2) is 42.7 Å². The zero-order valence-electron chi connectivity index (χ0n) is 10.1. The number of carbonyl (C=O) groups is 1. The van der Waals surface area contributed by atoms with Crippen LogP contribution in [0.5, 0.6) is 0 Å². The quantitative estimate of drug-likeness (QED) is 0.892. The third-order valence-corrected chi connectivity index (χ3v) is 3.21. The standard InChI is InChI=1S/C14H12FN3O/c15-10-3-4-12-11(6-10)13(16)14(19)18(12)8-9-2-1-5-17-7-9/h1-7,13H,8,16H2. The molecule has 3 rings (SSSR count). The lowest BCUT2D eigenvalue weighted by Crippen LogP contribution is -2.31. The SMILES string of the molecule is NC1C(=O)N(Cc2cccnc2)c2ccc(F)cc21. The molecule has 0 radical (unpaired) electrons. The summed E-state index contributed by atoms with van der Waals surface area (Å²) in [7, 11) is 0. The van der Waals surface area contributed by atoms with Crippen LogP contribution in [-0.2, 0) is 11.3 Å². The minimum Gasteiger partial charge on any atom is -0.316 e. The fraction of sp³-hybridized carbons (Fsp3) is 0.143. The molecule has 1 amide bonds. The Balaban J connectivity index is 1.98. The number of benzene rings is 1. The van der Waals surface area contributed by atoms with E-state index in [2.05, 4.69) is 4.98 Å². The van der Waals surface area contributed by atoms with E-state index in [0.717, 1.165) is 5.56 Å². The van der Waals surface area contributed by atoms with Crippen molar-refractivity contribution in [2.24, 2.45) is 5.73 Å². The molecule has 1 aromatic heterocycles. The van der Waals surface area contributed by atoms with E-state index in [1.807, 2.05) is 6.07 Å². The van der Waals surface area contributed by atoms with E-state index < -0.39 is 6.04 Å². The second kappa shape index (κ2) is 4.44. The van der Waals surface area contributed by atoms with E-state index in [1.165, 1.54) is 12.1 Å². The van der Waals surface area contributed by atoms with Crippen LogP contribution in [0, 0.1) is 5.82 Å². The number of nitrogens with zero attached hydrogens (tertiary/aromatic N) is 2. The van der Waals surface area contributed by atoms with Crippen molar-refractivity contribution in [2.75, 3.05) is 4.90 Å². The second-order valence-corrected chi connectivity index (χ2v) is 4.47. The van der Waals surface area contributed by atoms with Gasteiger partial charge in [0.1, 0.15) is 11.9 Å². The number of fused-ring (bicyclic) bond motifs is 1. The molecule has 0 spiro atoms. The summed E-state index contributed by atoms with van der Waals surface area (Å²) in [6.07, 6.45) is 3.37. The smallest absolute Gasteiger partial charge is 0.248 e. The summed E-state index contributed by atoms with van der Waals surface area (Å²) >= 11 is 0. The van der Waals surface area contributed by atoms with Crippen LogP contribution in [-0.4, -0.2) is 10.9 Å². The molecule has 1 aliphatic heterocycles. The number of nitrogens with two attached hydrogens (primary N) is 1. The van der Waals surface area contributed by atoms with Crippen molar-refractivity contribution < 1.29 is 9.18 Å². The van der Waals surface area contributed by atoms with Gasteiger partial charge in [-0.2, -0.15) is 0 Å². The number of carbonyl (C=O) groups excluding carboxylic acids is 1. The lowest BCUT2D eigenvalue weighted by molar-refractivity contribution is -0.119. The van der Waals surface area contributed by atoms with Crippen LogP contribution in [0.1, 0.15) is 17.2 Å². The molecule has 0 bridgehead atoms. The van der Waals surface area contributed by atoms with E-state index >= 15 is 0 Å². The van der Waals surface area contributed by atoms with Gasteiger partial charge < -0.3 is 10.6 Å². The molecule has 0 fully saturated rings. The minimum absolute atomic E-state index is 0.218. The number of rotatable bonds is 2. The van der Waals surface area contributed by atoms with E-state index in [4.69, 9.17) is 5.73 Å².